The van der Waals surface area contributed by atoms with Crippen LogP contribution >= 0.6 is 11.6 Å². The average molecular weight is 588 g/mol. The SMILES string of the molecule is CC12C[C@@H](NC(=O)c3cnc(Cl)nc3C(F)(F)F)C(C)(O1)[C@@H]1C(=O)N(c3ccc(C#N)c(C(F)(F)F)c3)C(=O)[C@@H]12. The number of amides is 3. The number of hydrogen-bond acceptors (Lipinski definition) is 7. The van der Waals surface area contributed by atoms with Crippen LogP contribution in [-0.2, 0) is 26.7 Å². The van der Waals surface area contributed by atoms with Crippen LogP contribution in [0.3, 0.4) is 0 Å². The van der Waals surface area contributed by atoms with Gasteiger partial charge in [-0.1, -0.05) is 0 Å². The van der Waals surface area contributed by atoms with Crippen molar-refractivity contribution in [3.8, 4) is 6.07 Å². The highest BCUT2D eigenvalue weighted by Gasteiger charge is 2.76. The van der Waals surface area contributed by atoms with Crippen molar-refractivity contribution < 1.29 is 45.5 Å². The number of nitrogens with zero attached hydrogens (tertiary/aromatic N) is 4. The summed E-state index contributed by atoms with van der Waals surface area (Å²) in [7, 11) is 0. The minimum Gasteiger partial charge on any atom is -0.365 e. The molecule has 0 aliphatic carbocycles. The number of carbonyl (C=O) groups excluding carboxylic acids is 3. The van der Waals surface area contributed by atoms with E-state index in [0.717, 1.165) is 12.1 Å². The summed E-state index contributed by atoms with van der Waals surface area (Å²) in [6, 6.07) is 2.75. The van der Waals surface area contributed by atoms with Crippen molar-refractivity contribution in [3.63, 3.8) is 0 Å². The summed E-state index contributed by atoms with van der Waals surface area (Å²) in [4.78, 5) is 47.0. The first kappa shape index (κ1) is 27.8. The van der Waals surface area contributed by atoms with Crippen molar-refractivity contribution >= 4 is 35.0 Å². The molecule has 3 fully saturated rings. The maximum Gasteiger partial charge on any atom is 0.434 e. The lowest BCUT2D eigenvalue weighted by Crippen LogP contribution is -2.56. The molecule has 3 amide bonds. The number of nitrogens with one attached hydrogen (secondary N) is 1. The summed E-state index contributed by atoms with van der Waals surface area (Å²) in [5.41, 5.74) is -7.96. The number of carbonyl (C=O) groups is 3. The average Bonchev–Trinajstić information content (AvgIpc) is 3.37. The molecule has 0 saturated carbocycles. The fourth-order valence-electron chi connectivity index (χ4n) is 5.99. The van der Waals surface area contributed by atoms with E-state index in [1.165, 1.54) is 19.9 Å². The van der Waals surface area contributed by atoms with Crippen molar-refractivity contribution in [3.05, 3.63) is 52.1 Å². The van der Waals surface area contributed by atoms with Crippen LogP contribution < -0.4 is 10.2 Å². The van der Waals surface area contributed by atoms with Gasteiger partial charge in [0.05, 0.1) is 57.5 Å². The summed E-state index contributed by atoms with van der Waals surface area (Å²) >= 11 is 5.47. The topological polar surface area (TPSA) is 125 Å². The number of rotatable bonds is 3. The van der Waals surface area contributed by atoms with Crippen molar-refractivity contribution in [2.24, 2.45) is 11.8 Å². The quantitative estimate of drug-likeness (QED) is 0.328. The van der Waals surface area contributed by atoms with Gasteiger partial charge in [-0.2, -0.15) is 31.6 Å². The van der Waals surface area contributed by atoms with E-state index >= 15 is 0 Å². The summed E-state index contributed by atoms with van der Waals surface area (Å²) < 4.78 is 87.1. The van der Waals surface area contributed by atoms with Gasteiger partial charge in [-0.05, 0) is 43.6 Å². The molecule has 1 aromatic carbocycles. The summed E-state index contributed by atoms with van der Waals surface area (Å²) in [5, 5.41) is 10.7. The number of imide groups is 1. The lowest BCUT2D eigenvalue weighted by Gasteiger charge is -2.35. The molecular formula is C24H16ClF6N5O4. The first-order chi connectivity index (χ1) is 18.4. The molecule has 16 heteroatoms. The van der Waals surface area contributed by atoms with Gasteiger partial charge in [0.15, 0.2) is 5.69 Å². The Morgan fingerprint density at radius 2 is 1.80 bits per heavy atom. The molecule has 0 radical (unpaired) electrons. The highest BCUT2D eigenvalue weighted by molar-refractivity contribution is 6.28. The molecule has 1 N–H and O–H groups in total. The van der Waals surface area contributed by atoms with Gasteiger partial charge in [0.1, 0.15) is 0 Å². The number of hydrogen-bond donors (Lipinski definition) is 1. The Labute approximate surface area is 226 Å². The maximum absolute atomic E-state index is 13.6. The molecule has 9 nitrogen and oxygen atoms in total. The Kier molecular flexibility index (Phi) is 5.98. The van der Waals surface area contributed by atoms with Gasteiger partial charge in [0.25, 0.3) is 5.91 Å². The minimum absolute atomic E-state index is 0.0970. The van der Waals surface area contributed by atoms with Gasteiger partial charge in [-0.3, -0.25) is 14.4 Å². The van der Waals surface area contributed by atoms with Crippen LogP contribution in [0.25, 0.3) is 0 Å². The normalized spacial score (nSPS) is 29.5. The largest absolute Gasteiger partial charge is 0.434 e. The van der Waals surface area contributed by atoms with Crippen molar-refractivity contribution in [1.29, 1.82) is 5.26 Å². The smallest absolute Gasteiger partial charge is 0.365 e. The van der Waals surface area contributed by atoms with Crippen LogP contribution in [0.1, 0.15) is 47.4 Å². The molecule has 2 unspecified atom stereocenters. The van der Waals surface area contributed by atoms with Gasteiger partial charge < -0.3 is 10.1 Å². The van der Waals surface area contributed by atoms with E-state index in [2.05, 4.69) is 15.3 Å². The molecule has 2 aromatic rings. The predicted octanol–water partition coefficient (Wildman–Crippen LogP) is 3.89. The molecule has 5 rings (SSSR count). The van der Waals surface area contributed by atoms with E-state index in [1.807, 2.05) is 0 Å². The summed E-state index contributed by atoms with van der Waals surface area (Å²) in [5.74, 6) is -5.41. The zero-order valence-electron chi connectivity index (χ0n) is 20.3. The van der Waals surface area contributed by atoms with Crippen LogP contribution in [0.2, 0.25) is 5.28 Å². The number of alkyl halides is 6. The number of aromatic nitrogens is 2. The van der Waals surface area contributed by atoms with E-state index in [0.29, 0.717) is 17.2 Å². The Morgan fingerprint density at radius 3 is 2.40 bits per heavy atom. The standard InChI is InChI=1S/C24H16ClF6N5O4/c1-21-6-13(34-17(37)11-8-33-20(25)35-16(11)24(29,30)31)22(2,40-21)15-14(21)18(38)36(19(15)39)10-4-3-9(7-32)12(5-10)23(26,27)28/h3-5,8,13-15H,6H2,1-2H3,(H,34,37)/t13-,14-,15+,21?,22?/m1/s1. The predicted molar refractivity (Wildman–Crippen MR) is 121 cm³/mol. The molecule has 5 atom stereocenters. The molecule has 40 heavy (non-hydrogen) atoms. The van der Waals surface area contributed by atoms with Crippen molar-refractivity contribution in [2.45, 2.75) is 49.9 Å². The fraction of sp³-hybridized carbons (Fsp3) is 0.417. The second kappa shape index (κ2) is 8.61. The van der Waals surface area contributed by atoms with E-state index in [9.17, 15) is 40.7 Å². The lowest BCUT2D eigenvalue weighted by molar-refractivity contribution is -0.141. The van der Waals surface area contributed by atoms with Crippen LogP contribution in [0.5, 0.6) is 0 Å². The fourth-order valence-corrected chi connectivity index (χ4v) is 6.12. The Morgan fingerprint density at radius 1 is 1.15 bits per heavy atom. The first-order valence-corrected chi connectivity index (χ1v) is 11.9. The Hall–Kier alpha value is -3.77. The summed E-state index contributed by atoms with van der Waals surface area (Å²) in [6.07, 6.45) is -9.49. The zero-order valence-corrected chi connectivity index (χ0v) is 21.1. The number of anilines is 1. The third-order valence-electron chi connectivity index (χ3n) is 7.60. The molecule has 2 bridgehead atoms. The van der Waals surface area contributed by atoms with Gasteiger partial charge in [-0.25, -0.2) is 14.9 Å². The molecule has 3 aliphatic heterocycles. The van der Waals surface area contributed by atoms with Crippen molar-refractivity contribution in [2.75, 3.05) is 4.90 Å². The van der Waals surface area contributed by atoms with Crippen LogP contribution in [0, 0.1) is 23.2 Å². The number of benzene rings is 1. The molecule has 3 aliphatic rings. The van der Waals surface area contributed by atoms with Crippen molar-refractivity contribution in [1.82, 2.24) is 15.3 Å². The highest BCUT2D eigenvalue weighted by atomic mass is 35.5. The number of ether oxygens (including phenoxy) is 1. The second-order valence-electron chi connectivity index (χ2n) is 10.0. The number of nitriles is 1. The molecule has 210 valence electrons. The number of halogens is 7. The summed E-state index contributed by atoms with van der Waals surface area (Å²) in [6.45, 7) is 2.87. The lowest BCUT2D eigenvalue weighted by atomic mass is 9.66. The highest BCUT2D eigenvalue weighted by Crippen LogP contribution is 2.61. The third kappa shape index (κ3) is 4.00. The van der Waals surface area contributed by atoms with Gasteiger partial charge in [-0.15, -0.1) is 0 Å². The van der Waals surface area contributed by atoms with E-state index in [-0.39, 0.29) is 6.42 Å². The molecule has 4 heterocycles. The van der Waals surface area contributed by atoms with Gasteiger partial charge in [0.2, 0.25) is 17.1 Å². The Bertz CT molecular complexity index is 1520. The van der Waals surface area contributed by atoms with E-state index in [4.69, 9.17) is 21.6 Å². The van der Waals surface area contributed by atoms with Crippen LogP contribution in [0.15, 0.2) is 24.4 Å². The number of fused-ring (bicyclic) bond motifs is 5. The third-order valence-corrected chi connectivity index (χ3v) is 7.78. The van der Waals surface area contributed by atoms with Gasteiger partial charge >= 0.3 is 12.4 Å². The van der Waals surface area contributed by atoms with E-state index in [1.54, 1.807) is 0 Å². The van der Waals surface area contributed by atoms with Crippen LogP contribution in [0.4, 0.5) is 32.0 Å². The van der Waals surface area contributed by atoms with E-state index < -0.39 is 92.5 Å². The molecule has 1 aromatic heterocycles. The molecule has 3 saturated heterocycles. The Balaban J connectivity index is 1.48. The first-order valence-electron chi connectivity index (χ1n) is 11.5. The molecule has 0 spiro atoms. The monoisotopic (exact) mass is 587 g/mol. The zero-order chi connectivity index (χ0) is 29.6. The minimum atomic E-state index is -5.05. The molecular weight excluding hydrogens is 572 g/mol. The van der Waals surface area contributed by atoms with Gasteiger partial charge in [0, 0.05) is 12.6 Å². The van der Waals surface area contributed by atoms with Crippen LogP contribution in [-0.4, -0.2) is 44.9 Å². The maximum atomic E-state index is 13.6. The second-order valence-corrected chi connectivity index (χ2v) is 10.4.